The molecule has 8 atom stereocenters. The first kappa shape index (κ1) is 129. The Morgan fingerprint density at radius 1 is 0.372 bits per heavy atom. The van der Waals surface area contributed by atoms with E-state index in [2.05, 4.69) is 81.6 Å². The maximum Gasteiger partial charge on any atom is 0.389 e. The molecule has 1 saturated heterocycles. The third kappa shape index (κ3) is 65.1. The van der Waals surface area contributed by atoms with Gasteiger partial charge in [-0.05, 0) is 287 Å². The number of hydrogen-bond acceptors (Lipinski definition) is 24. The van der Waals surface area contributed by atoms with Gasteiger partial charge in [-0.15, -0.1) is 18.9 Å². The van der Waals surface area contributed by atoms with E-state index in [0.717, 1.165) is 90.1 Å². The van der Waals surface area contributed by atoms with Gasteiger partial charge in [-0.2, -0.15) is 13.2 Å². The molecule has 33 heteroatoms. The highest BCUT2D eigenvalue weighted by atomic mass is 19.4. The fraction of sp³-hybridized carbons (Fsp3) is 0.808. The first-order valence-electron chi connectivity index (χ1n) is 50.0. The Hall–Kier alpha value is -7.71. The lowest BCUT2D eigenvalue weighted by atomic mass is 9.79. The number of Topliss-reactive ketones (excluding diaryl/α,β-unsaturated/α-hetero) is 10. The average Bonchev–Trinajstić information content (AvgIpc) is 1.81. The molecular formula is C104H183F3N14O16. The lowest BCUT2D eigenvalue weighted by Gasteiger charge is -2.33. The van der Waals surface area contributed by atoms with Crippen LogP contribution in [0, 0.1) is 36.0 Å². The highest BCUT2D eigenvalue weighted by Gasteiger charge is 2.42. The van der Waals surface area contributed by atoms with Crippen LogP contribution in [0.4, 0.5) is 13.2 Å². The molecule has 0 spiro atoms. The summed E-state index contributed by atoms with van der Waals surface area (Å²) in [6.07, 6.45) is 23.6. The lowest BCUT2D eigenvalue weighted by molar-refractivity contribution is -0.148. The smallest absolute Gasteiger partial charge is 0.353 e. The number of nitrogens with zero attached hydrogens (tertiary/aromatic N) is 1. The van der Waals surface area contributed by atoms with Gasteiger partial charge in [0.05, 0.1) is 48.3 Å². The SMILES string of the molecule is C#CCCC(NC(C)(C)C)C(=O)C(=O)NCC=C.CC(=O)C(=O)C(CC1CCC1)NC(C)(C)C.CC(C)(C)NC(CCC(F)(F)F)C(=O)C(=O)NC1CC1.CC(C)(C)N[C@@H](CC1CC1)C(=O)C(=O)N1CCC1.CC(C)NC(=O)C(=O)[C@H](CC1CC1)NC(C)(C)C.CCCC(NC(C)(C)C)C(=O)C(=O)NC1CC1.CCCC(NC(C)(C)C)C(=O)C(C)=O.CNC(=O)C(=O)C(CC1CC1)NC(C)(C)C. The summed E-state index contributed by atoms with van der Waals surface area (Å²) in [7, 11) is 1.49. The number of likely N-dealkylation sites (N-methyl/N-ethyl adjacent to an activating group) is 1. The van der Waals surface area contributed by atoms with Crippen LogP contribution in [0.1, 0.15) is 375 Å². The summed E-state index contributed by atoms with van der Waals surface area (Å²) in [6.45, 7) is 62.9. The van der Waals surface area contributed by atoms with Crippen molar-refractivity contribution in [2.45, 2.75) is 492 Å². The zero-order valence-corrected chi connectivity index (χ0v) is 89.6. The van der Waals surface area contributed by atoms with Crippen molar-refractivity contribution in [2.24, 2.45) is 23.7 Å². The zero-order valence-electron chi connectivity index (χ0n) is 89.6. The number of hydrogen-bond donors (Lipinski definition) is 13. The predicted octanol–water partition coefficient (Wildman–Crippen LogP) is 12.0. The van der Waals surface area contributed by atoms with Crippen LogP contribution in [0.3, 0.4) is 0 Å². The maximum atomic E-state index is 12.3. The van der Waals surface area contributed by atoms with E-state index >= 15 is 0 Å². The van der Waals surface area contributed by atoms with Gasteiger partial charge in [0, 0.05) is 116 Å². The molecule has 0 aromatic rings. The van der Waals surface area contributed by atoms with Crippen LogP contribution in [0.15, 0.2) is 12.7 Å². The van der Waals surface area contributed by atoms with Crippen molar-refractivity contribution in [3.63, 3.8) is 0 Å². The molecule has 7 aliphatic rings. The molecule has 13 N–H and O–H groups in total. The van der Waals surface area contributed by atoms with Crippen molar-refractivity contribution in [1.29, 1.82) is 0 Å². The van der Waals surface area contributed by atoms with E-state index < -0.39 is 77.7 Å². The molecule has 30 nitrogen and oxygen atoms in total. The molecule has 137 heavy (non-hydrogen) atoms. The first-order valence-corrected chi connectivity index (χ1v) is 50.0. The van der Waals surface area contributed by atoms with Crippen LogP contribution in [-0.4, -0.2) is 242 Å². The van der Waals surface area contributed by atoms with E-state index in [0.29, 0.717) is 42.9 Å². The molecular weight excluding hydrogens is 1760 g/mol. The second-order valence-corrected chi connectivity index (χ2v) is 46.5. The Morgan fingerprint density at radius 2 is 0.650 bits per heavy atom. The fourth-order valence-electron chi connectivity index (χ4n) is 14.2. The molecule has 0 radical (unpaired) electrons. The summed E-state index contributed by atoms with van der Waals surface area (Å²) in [5, 5.41) is 38.2. The fourth-order valence-corrected chi connectivity index (χ4v) is 14.2. The van der Waals surface area contributed by atoms with Gasteiger partial charge >= 0.3 is 6.18 Å². The molecule has 786 valence electrons. The van der Waals surface area contributed by atoms with Crippen molar-refractivity contribution in [3.05, 3.63) is 12.7 Å². The number of ketones is 10. The largest absolute Gasteiger partial charge is 0.389 e. The Labute approximate surface area is 820 Å². The van der Waals surface area contributed by atoms with Gasteiger partial charge in [0.1, 0.15) is 0 Å². The third-order valence-corrected chi connectivity index (χ3v) is 21.5. The molecule has 0 aromatic heterocycles. The maximum absolute atomic E-state index is 12.3. The normalized spacial score (nSPS) is 17.3. The van der Waals surface area contributed by atoms with Crippen molar-refractivity contribution in [3.8, 4) is 12.3 Å². The van der Waals surface area contributed by atoms with Crippen molar-refractivity contribution < 1.29 is 89.9 Å². The molecule has 0 bridgehead atoms. The van der Waals surface area contributed by atoms with Gasteiger partial charge in [-0.1, -0.05) is 90.6 Å². The van der Waals surface area contributed by atoms with Crippen LogP contribution in [0.25, 0.3) is 0 Å². The van der Waals surface area contributed by atoms with Crippen molar-refractivity contribution in [1.82, 2.24) is 74.0 Å². The number of alkyl halides is 3. The number of likely N-dealkylation sites (tertiary alicyclic amines) is 1. The number of nitrogens with one attached hydrogen (secondary N) is 13. The van der Waals surface area contributed by atoms with Crippen molar-refractivity contribution in [2.75, 3.05) is 26.7 Å². The Balaban J connectivity index is 0.00000155. The summed E-state index contributed by atoms with van der Waals surface area (Å²) in [5.41, 5.74) is -1.67. The van der Waals surface area contributed by atoms with E-state index in [4.69, 9.17) is 6.42 Å². The van der Waals surface area contributed by atoms with Gasteiger partial charge in [0.2, 0.25) is 46.3 Å². The number of carbonyl (C=O) groups excluding carboxylic acids is 16. The summed E-state index contributed by atoms with van der Waals surface area (Å²) >= 11 is 0. The third-order valence-electron chi connectivity index (χ3n) is 21.5. The molecule has 7 rings (SSSR count). The number of halogens is 3. The van der Waals surface area contributed by atoms with Crippen LogP contribution in [0.5, 0.6) is 0 Å². The van der Waals surface area contributed by atoms with Crippen LogP contribution < -0.4 is 69.1 Å². The molecule has 0 aromatic carbocycles. The monoisotopic (exact) mass is 1940 g/mol. The average molecular weight is 1940 g/mol. The minimum Gasteiger partial charge on any atom is -0.353 e. The summed E-state index contributed by atoms with van der Waals surface area (Å²) in [6, 6.07) is -3.39. The molecule has 7 fully saturated rings. The van der Waals surface area contributed by atoms with Crippen LogP contribution >= 0.6 is 0 Å². The quantitative estimate of drug-likeness (QED) is 0.0153. The van der Waals surface area contributed by atoms with E-state index in [9.17, 15) is 89.9 Å². The second kappa shape index (κ2) is 59.9. The van der Waals surface area contributed by atoms with Gasteiger partial charge in [-0.3, -0.25) is 76.7 Å². The summed E-state index contributed by atoms with van der Waals surface area (Å²) in [5.74, 6) is -1.90. The Morgan fingerprint density at radius 3 is 0.905 bits per heavy atom. The van der Waals surface area contributed by atoms with E-state index in [1.54, 1.807) is 25.7 Å². The summed E-state index contributed by atoms with van der Waals surface area (Å²) in [4.78, 5) is 189. The highest BCUT2D eigenvalue weighted by Crippen LogP contribution is 2.37. The number of rotatable bonds is 45. The molecule has 6 unspecified atom stereocenters. The Bertz CT molecular complexity index is 3910. The minimum atomic E-state index is -4.34. The first-order chi connectivity index (χ1) is 62.6. The molecule has 1 aliphatic heterocycles. The zero-order chi connectivity index (χ0) is 106. The second-order valence-electron chi connectivity index (χ2n) is 46.5. The standard InChI is InChI=1S/C14H24N2O2.C14H26N2O2.C14H22N2O2.C13H21F3N2O2.C13H24N2O2.C13H23NO2.C12H22N2O2.C11H21NO2/c1-14(2,3)15-11(9-10-5-6-10)12(17)13(18)16-7-4-8-16;1-9(2)15-13(18)12(17)11(8-10-6-7-10)16-14(3,4)5;1-6-8-9-11(16-14(3,4)5)12(17)13(18)15-10-7-2;1-12(2,3)18-9(6-7-13(14,15)16)10(19)11(20)17-8-4-5-8;1-5-6-10(15-13(2,3)4)11(16)12(17)14-9-7-8-9;1-9(15)12(16)11(14-13(2,3)4)8-10-6-5-7-10;1-12(2,3)14-9(7-8-5-6-8)10(15)11(16)13-4;1-6-7-9(10(14)8(2)13)12-11(3,4)5/h10-11,15H,4-9H2,1-3H3;9-11,16H,6-8H2,1-5H3,(H,15,18);1,7,11,16H,2,8-10H2,3-5H3,(H,15,18);8-9,18H,4-7H2,1-3H3,(H,17,20);9-10,15H,5-8H2,1-4H3,(H,14,17);10-11,14H,5-8H2,1-4H3;8-9,14H,5-7H2,1-4H3,(H,13,16);9,12H,6-7H2,1-5H3/t2*11-;;;;;;/m00....../s1. The molecule has 6 amide bonds. The Kier molecular flexibility index (Phi) is 56.5. The van der Waals surface area contributed by atoms with Crippen LogP contribution in [0.2, 0.25) is 0 Å². The highest BCUT2D eigenvalue weighted by molar-refractivity contribution is 6.41. The lowest BCUT2D eigenvalue weighted by Crippen LogP contribution is -2.55. The van der Waals surface area contributed by atoms with E-state index in [1.165, 1.54) is 84.8 Å². The van der Waals surface area contributed by atoms with Crippen molar-refractivity contribution >= 4 is 93.3 Å². The van der Waals surface area contributed by atoms with Gasteiger partial charge < -0.3 is 74.0 Å². The number of amides is 6. The molecule has 6 saturated carbocycles. The van der Waals surface area contributed by atoms with Gasteiger partial charge in [-0.25, -0.2) is 0 Å². The van der Waals surface area contributed by atoms with Crippen LogP contribution in [-0.2, 0) is 76.7 Å². The summed E-state index contributed by atoms with van der Waals surface area (Å²) < 4.78 is 36.9. The van der Waals surface area contributed by atoms with Gasteiger partial charge in [0.15, 0.2) is 11.6 Å². The molecule has 6 aliphatic carbocycles. The predicted molar refractivity (Wildman–Crippen MR) is 536 cm³/mol. The van der Waals surface area contributed by atoms with E-state index in [-0.39, 0.29) is 152 Å². The number of carbonyl (C=O) groups is 16. The minimum absolute atomic E-state index is 0.00217. The van der Waals surface area contributed by atoms with E-state index in [1.807, 2.05) is 173 Å². The van der Waals surface area contributed by atoms with Gasteiger partial charge in [0.25, 0.3) is 35.4 Å². The number of terminal acetylenes is 1. The molecule has 1 heterocycles. The topological polar surface area (TPSA) is 433 Å².